The summed E-state index contributed by atoms with van der Waals surface area (Å²) in [5.41, 5.74) is 6.62. The molecule has 0 unspecified atom stereocenters. The van der Waals surface area contributed by atoms with Gasteiger partial charge >= 0.3 is 0 Å². The highest BCUT2D eigenvalue weighted by Crippen LogP contribution is 2.39. The molecule has 0 saturated heterocycles. The number of hydrogen-bond donors (Lipinski definition) is 0. The van der Waals surface area contributed by atoms with Crippen molar-refractivity contribution in [3.8, 4) is 11.1 Å². The Hall–Kier alpha value is -2.86. The van der Waals surface area contributed by atoms with Crippen LogP contribution in [0.15, 0.2) is 78.4 Å². The molecular formula is C24H17. The molecule has 0 saturated carbocycles. The average Bonchev–Trinajstić information content (AvgIpc) is 3.01. The Morgan fingerprint density at radius 1 is 0.583 bits per heavy atom. The van der Waals surface area contributed by atoms with E-state index in [0.717, 1.165) is 0 Å². The fraction of sp³-hybridized carbons (Fsp3) is 0.0417. The Labute approximate surface area is 142 Å². The Morgan fingerprint density at radius 2 is 1.38 bits per heavy atom. The van der Waals surface area contributed by atoms with Crippen LogP contribution in [-0.2, 0) is 0 Å². The standard InChI is InChI=1S/C24H17/c1-16-14-18-7-4-9-22(24(18)15-16)21-11-5-10-20-19-8-3-2-6-17(19)12-13-23(20)21/h2-15H,1H3. The van der Waals surface area contributed by atoms with E-state index >= 15 is 0 Å². The van der Waals surface area contributed by atoms with Gasteiger partial charge in [-0.3, -0.25) is 0 Å². The van der Waals surface area contributed by atoms with Crippen molar-refractivity contribution >= 4 is 27.6 Å². The van der Waals surface area contributed by atoms with Gasteiger partial charge < -0.3 is 0 Å². The van der Waals surface area contributed by atoms with Gasteiger partial charge in [0.15, 0.2) is 0 Å². The Bertz CT molecular complexity index is 1130. The lowest BCUT2D eigenvalue weighted by molar-refractivity contribution is 1.45. The molecule has 0 aromatic heterocycles. The van der Waals surface area contributed by atoms with E-state index in [-0.39, 0.29) is 0 Å². The minimum absolute atomic E-state index is 1.30. The first kappa shape index (κ1) is 13.6. The number of hydrogen-bond acceptors (Lipinski definition) is 0. The van der Waals surface area contributed by atoms with E-state index in [4.69, 9.17) is 0 Å². The molecule has 0 heterocycles. The predicted octanol–water partition coefficient (Wildman–Crippen LogP) is 6.63. The third kappa shape index (κ3) is 1.93. The minimum Gasteiger partial charge on any atom is -0.0642 e. The molecular weight excluding hydrogens is 288 g/mol. The topological polar surface area (TPSA) is 0 Å². The van der Waals surface area contributed by atoms with Crippen LogP contribution in [0.2, 0.25) is 0 Å². The number of allylic oxidation sites excluding steroid dienone is 1. The second kappa shape index (κ2) is 5.07. The highest BCUT2D eigenvalue weighted by molar-refractivity contribution is 6.12. The molecule has 113 valence electrons. The van der Waals surface area contributed by atoms with Gasteiger partial charge in [-0.15, -0.1) is 0 Å². The summed E-state index contributed by atoms with van der Waals surface area (Å²) in [5.74, 6) is 0. The third-order valence-corrected chi connectivity index (χ3v) is 4.97. The molecule has 4 aromatic rings. The van der Waals surface area contributed by atoms with Gasteiger partial charge in [0.2, 0.25) is 0 Å². The van der Waals surface area contributed by atoms with E-state index in [0.29, 0.717) is 0 Å². The van der Waals surface area contributed by atoms with Crippen LogP contribution in [0.4, 0.5) is 0 Å². The van der Waals surface area contributed by atoms with Crippen molar-refractivity contribution in [3.63, 3.8) is 0 Å². The molecule has 0 spiro atoms. The molecule has 0 nitrogen and oxygen atoms in total. The lowest BCUT2D eigenvalue weighted by atomic mass is 9.91. The van der Waals surface area contributed by atoms with Crippen LogP contribution in [0, 0.1) is 6.42 Å². The second-order valence-electron chi connectivity index (χ2n) is 6.53. The molecule has 0 bridgehead atoms. The van der Waals surface area contributed by atoms with Gasteiger partial charge in [0, 0.05) is 6.42 Å². The maximum atomic E-state index is 2.30. The molecule has 24 heavy (non-hydrogen) atoms. The monoisotopic (exact) mass is 305 g/mol. The first-order valence-corrected chi connectivity index (χ1v) is 8.38. The van der Waals surface area contributed by atoms with E-state index in [9.17, 15) is 0 Å². The lowest BCUT2D eigenvalue weighted by Gasteiger charge is -2.12. The van der Waals surface area contributed by atoms with Crippen LogP contribution >= 0.6 is 0 Å². The molecule has 1 radical (unpaired) electrons. The molecule has 0 amide bonds. The van der Waals surface area contributed by atoms with Gasteiger partial charge in [-0.25, -0.2) is 0 Å². The normalized spacial score (nSPS) is 13.3. The first-order chi connectivity index (χ1) is 11.8. The van der Waals surface area contributed by atoms with E-state index < -0.39 is 0 Å². The van der Waals surface area contributed by atoms with Crippen LogP contribution in [-0.4, -0.2) is 0 Å². The quantitative estimate of drug-likeness (QED) is 0.346. The zero-order chi connectivity index (χ0) is 16.1. The minimum atomic E-state index is 1.30. The SMILES string of the molecule is CC1=Cc2c(cccc2-c2cccc3c2ccc2ccccc23)[CH]1. The largest absolute Gasteiger partial charge is 0.0642 e. The van der Waals surface area contributed by atoms with E-state index in [1.54, 1.807) is 0 Å². The average molecular weight is 305 g/mol. The lowest BCUT2D eigenvalue weighted by Crippen LogP contribution is -1.88. The van der Waals surface area contributed by atoms with Crippen molar-refractivity contribution in [3.05, 3.63) is 95.9 Å². The van der Waals surface area contributed by atoms with Crippen molar-refractivity contribution in [2.24, 2.45) is 0 Å². The fourth-order valence-electron chi connectivity index (χ4n) is 3.89. The van der Waals surface area contributed by atoms with Crippen LogP contribution in [0.3, 0.4) is 0 Å². The highest BCUT2D eigenvalue weighted by atomic mass is 14.2. The van der Waals surface area contributed by atoms with Crippen LogP contribution in [0.1, 0.15) is 18.1 Å². The van der Waals surface area contributed by atoms with Crippen molar-refractivity contribution < 1.29 is 0 Å². The molecule has 1 aliphatic carbocycles. The van der Waals surface area contributed by atoms with Crippen LogP contribution in [0.5, 0.6) is 0 Å². The molecule has 0 aliphatic heterocycles. The van der Waals surface area contributed by atoms with Gasteiger partial charge in [-0.1, -0.05) is 84.4 Å². The molecule has 0 atom stereocenters. The second-order valence-corrected chi connectivity index (χ2v) is 6.53. The molecule has 5 rings (SSSR count). The van der Waals surface area contributed by atoms with Crippen LogP contribution < -0.4 is 0 Å². The summed E-state index contributed by atoms with van der Waals surface area (Å²) in [6, 6.07) is 26.4. The predicted molar refractivity (Wildman–Crippen MR) is 104 cm³/mol. The molecule has 0 N–H and O–H groups in total. The number of fused-ring (bicyclic) bond motifs is 4. The van der Waals surface area contributed by atoms with Crippen molar-refractivity contribution in [2.75, 3.05) is 0 Å². The molecule has 4 aromatic carbocycles. The smallest absolute Gasteiger partial charge is 0.0161 e. The van der Waals surface area contributed by atoms with Gasteiger partial charge in [-0.2, -0.15) is 0 Å². The summed E-state index contributed by atoms with van der Waals surface area (Å²) in [4.78, 5) is 0. The summed E-state index contributed by atoms with van der Waals surface area (Å²) in [6.07, 6.45) is 4.56. The number of rotatable bonds is 1. The van der Waals surface area contributed by atoms with Gasteiger partial charge in [0.25, 0.3) is 0 Å². The van der Waals surface area contributed by atoms with Crippen LogP contribution in [0.25, 0.3) is 38.7 Å². The summed E-state index contributed by atoms with van der Waals surface area (Å²) in [6.45, 7) is 2.17. The summed E-state index contributed by atoms with van der Waals surface area (Å²) < 4.78 is 0. The summed E-state index contributed by atoms with van der Waals surface area (Å²) in [7, 11) is 0. The first-order valence-electron chi connectivity index (χ1n) is 8.38. The Morgan fingerprint density at radius 3 is 2.33 bits per heavy atom. The Kier molecular flexibility index (Phi) is 2.87. The molecule has 1 aliphatic rings. The number of benzene rings is 4. The Balaban J connectivity index is 1.86. The summed E-state index contributed by atoms with van der Waals surface area (Å²) in [5, 5.41) is 5.26. The zero-order valence-electron chi connectivity index (χ0n) is 13.6. The third-order valence-electron chi connectivity index (χ3n) is 4.97. The van der Waals surface area contributed by atoms with Gasteiger partial charge in [-0.05, 0) is 50.7 Å². The van der Waals surface area contributed by atoms with E-state index in [1.807, 2.05) is 0 Å². The summed E-state index contributed by atoms with van der Waals surface area (Å²) >= 11 is 0. The highest BCUT2D eigenvalue weighted by Gasteiger charge is 2.16. The molecule has 0 fully saturated rings. The van der Waals surface area contributed by atoms with Crippen molar-refractivity contribution in [1.82, 2.24) is 0 Å². The van der Waals surface area contributed by atoms with Gasteiger partial charge in [0.05, 0.1) is 0 Å². The van der Waals surface area contributed by atoms with Gasteiger partial charge in [0.1, 0.15) is 0 Å². The maximum Gasteiger partial charge on any atom is 0.0161 e. The maximum absolute atomic E-state index is 2.30. The van der Waals surface area contributed by atoms with Crippen molar-refractivity contribution in [2.45, 2.75) is 6.92 Å². The molecule has 0 heteroatoms. The van der Waals surface area contributed by atoms with E-state index in [2.05, 4.69) is 92.2 Å². The van der Waals surface area contributed by atoms with Crippen molar-refractivity contribution in [1.29, 1.82) is 0 Å². The fourth-order valence-corrected chi connectivity index (χ4v) is 3.89. The zero-order valence-corrected chi connectivity index (χ0v) is 13.6. The van der Waals surface area contributed by atoms with E-state index in [1.165, 1.54) is 49.4 Å².